The number of ether oxygens (including phenoxy) is 2. The standard InChI is InChI=1S/C22H26O4/c1-4-7-17-10-15-21(25-5-2)19(22(17)26-6-3)13-14-20(24)16-8-11-18(23)12-9-16/h8-15,23H,4-7H2,1-3H3. The maximum atomic E-state index is 12.4. The number of aromatic hydroxyl groups is 1. The Kier molecular flexibility index (Phi) is 7.27. The van der Waals surface area contributed by atoms with Gasteiger partial charge in [0.05, 0.1) is 18.8 Å². The number of carbonyl (C=O) groups is 1. The number of benzene rings is 2. The van der Waals surface area contributed by atoms with Crippen molar-refractivity contribution >= 4 is 11.9 Å². The van der Waals surface area contributed by atoms with E-state index in [0.29, 0.717) is 24.5 Å². The molecule has 0 spiro atoms. The zero-order chi connectivity index (χ0) is 18.9. The largest absolute Gasteiger partial charge is 0.508 e. The van der Waals surface area contributed by atoms with Crippen LogP contribution in [-0.4, -0.2) is 24.1 Å². The van der Waals surface area contributed by atoms with Crippen LogP contribution in [0.4, 0.5) is 0 Å². The SMILES string of the molecule is CCCc1ccc(OCC)c(C=CC(=O)c2ccc(O)cc2)c1OCC. The van der Waals surface area contributed by atoms with Gasteiger partial charge in [-0.25, -0.2) is 0 Å². The third-order valence-corrected chi connectivity index (χ3v) is 3.90. The molecule has 138 valence electrons. The zero-order valence-corrected chi connectivity index (χ0v) is 15.6. The van der Waals surface area contributed by atoms with Gasteiger partial charge in [-0.15, -0.1) is 0 Å². The van der Waals surface area contributed by atoms with Crippen molar-refractivity contribution in [1.82, 2.24) is 0 Å². The van der Waals surface area contributed by atoms with E-state index in [1.54, 1.807) is 18.2 Å². The molecule has 2 aromatic carbocycles. The average molecular weight is 354 g/mol. The molecule has 4 heteroatoms. The number of ketones is 1. The van der Waals surface area contributed by atoms with Gasteiger partial charge < -0.3 is 14.6 Å². The maximum Gasteiger partial charge on any atom is 0.185 e. The average Bonchev–Trinajstić information content (AvgIpc) is 2.64. The molecule has 0 amide bonds. The molecule has 2 aromatic rings. The van der Waals surface area contributed by atoms with Crippen LogP contribution in [0.15, 0.2) is 42.5 Å². The summed E-state index contributed by atoms with van der Waals surface area (Å²) in [7, 11) is 0. The van der Waals surface area contributed by atoms with E-state index in [1.807, 2.05) is 26.0 Å². The molecule has 0 saturated heterocycles. The first-order valence-corrected chi connectivity index (χ1v) is 9.03. The normalized spacial score (nSPS) is 10.9. The number of phenolic OH excluding ortho intramolecular Hbond substituents is 1. The van der Waals surface area contributed by atoms with Crippen molar-refractivity contribution in [2.24, 2.45) is 0 Å². The minimum atomic E-state index is -0.143. The van der Waals surface area contributed by atoms with E-state index in [9.17, 15) is 9.90 Å². The smallest absolute Gasteiger partial charge is 0.185 e. The first-order valence-electron chi connectivity index (χ1n) is 9.03. The summed E-state index contributed by atoms with van der Waals surface area (Å²) in [6.45, 7) is 7.06. The molecule has 0 bridgehead atoms. The molecule has 2 rings (SSSR count). The molecule has 1 N–H and O–H groups in total. The second kappa shape index (κ2) is 9.66. The fourth-order valence-corrected chi connectivity index (χ4v) is 2.73. The van der Waals surface area contributed by atoms with Gasteiger partial charge >= 0.3 is 0 Å². The Morgan fingerprint density at radius 2 is 1.69 bits per heavy atom. The molecule has 0 saturated carbocycles. The van der Waals surface area contributed by atoms with Gasteiger partial charge in [-0.1, -0.05) is 19.4 Å². The van der Waals surface area contributed by atoms with Crippen LogP contribution in [0.5, 0.6) is 17.2 Å². The quantitative estimate of drug-likeness (QED) is 0.506. The van der Waals surface area contributed by atoms with E-state index in [4.69, 9.17) is 9.47 Å². The van der Waals surface area contributed by atoms with Gasteiger partial charge in [-0.2, -0.15) is 0 Å². The molecular formula is C22H26O4. The van der Waals surface area contributed by atoms with E-state index in [1.165, 1.54) is 18.2 Å². The second-order valence-electron chi connectivity index (χ2n) is 5.83. The Hall–Kier alpha value is -2.75. The van der Waals surface area contributed by atoms with Crippen molar-refractivity contribution in [2.75, 3.05) is 13.2 Å². The number of hydrogen-bond donors (Lipinski definition) is 1. The Balaban J connectivity index is 2.41. The molecule has 0 aliphatic heterocycles. The lowest BCUT2D eigenvalue weighted by Gasteiger charge is -2.16. The summed E-state index contributed by atoms with van der Waals surface area (Å²) in [5.41, 5.74) is 2.40. The first-order chi connectivity index (χ1) is 12.6. The minimum Gasteiger partial charge on any atom is -0.508 e. The van der Waals surface area contributed by atoms with Crippen molar-refractivity contribution in [1.29, 1.82) is 0 Å². The molecule has 0 unspecified atom stereocenters. The maximum absolute atomic E-state index is 12.4. The van der Waals surface area contributed by atoms with Crippen molar-refractivity contribution in [3.05, 3.63) is 59.2 Å². The number of aryl methyl sites for hydroxylation is 1. The van der Waals surface area contributed by atoms with Gasteiger partial charge in [-0.05, 0) is 68.3 Å². The molecular weight excluding hydrogens is 328 g/mol. The molecule has 0 aliphatic carbocycles. The van der Waals surface area contributed by atoms with Crippen LogP contribution < -0.4 is 9.47 Å². The summed E-state index contributed by atoms with van der Waals surface area (Å²) in [4.78, 5) is 12.4. The van der Waals surface area contributed by atoms with Gasteiger partial charge in [0.1, 0.15) is 17.2 Å². The van der Waals surface area contributed by atoms with Crippen LogP contribution in [-0.2, 0) is 6.42 Å². The lowest BCUT2D eigenvalue weighted by Crippen LogP contribution is -2.03. The van der Waals surface area contributed by atoms with Crippen molar-refractivity contribution in [3.8, 4) is 17.2 Å². The fraction of sp³-hybridized carbons (Fsp3) is 0.318. The summed E-state index contributed by atoms with van der Waals surface area (Å²) in [5.74, 6) is 1.46. The van der Waals surface area contributed by atoms with Gasteiger partial charge in [0.15, 0.2) is 5.78 Å². The van der Waals surface area contributed by atoms with Gasteiger partial charge in [0.2, 0.25) is 0 Å². The first kappa shape index (κ1) is 19.6. The topological polar surface area (TPSA) is 55.8 Å². The zero-order valence-electron chi connectivity index (χ0n) is 15.6. The number of allylic oxidation sites excluding steroid dienone is 1. The summed E-state index contributed by atoms with van der Waals surface area (Å²) < 4.78 is 11.6. The van der Waals surface area contributed by atoms with Crippen LogP contribution in [0.3, 0.4) is 0 Å². The van der Waals surface area contributed by atoms with Crippen LogP contribution in [0.1, 0.15) is 48.7 Å². The molecule has 0 aliphatic rings. The van der Waals surface area contributed by atoms with Gasteiger partial charge in [0, 0.05) is 5.56 Å². The predicted molar refractivity (Wildman–Crippen MR) is 104 cm³/mol. The van der Waals surface area contributed by atoms with Crippen molar-refractivity contribution in [2.45, 2.75) is 33.6 Å². The Morgan fingerprint density at radius 1 is 1.00 bits per heavy atom. The molecule has 0 atom stereocenters. The third kappa shape index (κ3) is 4.88. The van der Waals surface area contributed by atoms with E-state index in [-0.39, 0.29) is 11.5 Å². The predicted octanol–water partition coefficient (Wildman–Crippen LogP) is 5.04. The van der Waals surface area contributed by atoms with E-state index < -0.39 is 0 Å². The fourth-order valence-electron chi connectivity index (χ4n) is 2.73. The van der Waals surface area contributed by atoms with Crippen molar-refractivity contribution < 1.29 is 19.4 Å². The highest BCUT2D eigenvalue weighted by Gasteiger charge is 2.14. The minimum absolute atomic E-state index is 0.134. The van der Waals surface area contributed by atoms with Gasteiger partial charge in [0.25, 0.3) is 0 Å². The highest BCUT2D eigenvalue weighted by Crippen LogP contribution is 2.35. The van der Waals surface area contributed by atoms with Crippen molar-refractivity contribution in [3.63, 3.8) is 0 Å². The van der Waals surface area contributed by atoms with E-state index in [2.05, 4.69) is 6.92 Å². The van der Waals surface area contributed by atoms with E-state index >= 15 is 0 Å². The highest BCUT2D eigenvalue weighted by atomic mass is 16.5. The molecule has 0 radical (unpaired) electrons. The number of rotatable bonds is 9. The van der Waals surface area contributed by atoms with Crippen LogP contribution in [0.25, 0.3) is 6.08 Å². The summed E-state index contributed by atoms with van der Waals surface area (Å²) in [5, 5.41) is 9.36. The summed E-state index contributed by atoms with van der Waals surface area (Å²) in [6, 6.07) is 10.2. The summed E-state index contributed by atoms with van der Waals surface area (Å²) >= 11 is 0. The Labute approximate surface area is 155 Å². The van der Waals surface area contributed by atoms with E-state index in [0.717, 1.165) is 29.7 Å². The monoisotopic (exact) mass is 354 g/mol. The molecule has 0 aromatic heterocycles. The summed E-state index contributed by atoms with van der Waals surface area (Å²) in [6.07, 6.45) is 5.17. The molecule has 4 nitrogen and oxygen atoms in total. The molecule has 26 heavy (non-hydrogen) atoms. The number of hydrogen-bond acceptors (Lipinski definition) is 4. The highest BCUT2D eigenvalue weighted by molar-refractivity contribution is 6.07. The Morgan fingerprint density at radius 3 is 2.31 bits per heavy atom. The van der Waals surface area contributed by atoms with Gasteiger partial charge in [-0.3, -0.25) is 4.79 Å². The Bertz CT molecular complexity index is 760. The number of carbonyl (C=O) groups excluding carboxylic acids is 1. The van der Waals surface area contributed by atoms with Crippen LogP contribution in [0, 0.1) is 0 Å². The van der Waals surface area contributed by atoms with Crippen LogP contribution in [0.2, 0.25) is 0 Å². The lowest BCUT2D eigenvalue weighted by molar-refractivity contribution is 0.104. The molecule has 0 fully saturated rings. The third-order valence-electron chi connectivity index (χ3n) is 3.90. The lowest BCUT2D eigenvalue weighted by atomic mass is 10.0. The number of phenols is 1. The van der Waals surface area contributed by atoms with Crippen LogP contribution >= 0.6 is 0 Å². The molecule has 0 heterocycles. The second-order valence-corrected chi connectivity index (χ2v) is 5.83.